The average Bonchev–Trinajstić information content (AvgIpc) is 3.06. The number of hydrogen-bond donors (Lipinski definition) is 1. The third-order valence-corrected chi connectivity index (χ3v) is 4.20. The lowest BCUT2D eigenvalue weighted by Crippen LogP contribution is -2.07. The largest absolute Gasteiger partial charge is 0.367 e. The molecule has 1 N–H and O–H groups in total. The zero-order chi connectivity index (χ0) is 17.4. The molecule has 1 aliphatic rings. The van der Waals surface area contributed by atoms with E-state index < -0.39 is 0 Å². The van der Waals surface area contributed by atoms with Gasteiger partial charge in [-0.1, -0.05) is 34.8 Å². The van der Waals surface area contributed by atoms with Gasteiger partial charge in [0.2, 0.25) is 0 Å². The normalized spacial score (nSPS) is 13.7. The molecule has 4 aromatic heterocycles. The third-order valence-electron chi connectivity index (χ3n) is 3.54. The fourth-order valence-corrected chi connectivity index (χ4v) is 2.94. The van der Waals surface area contributed by atoms with Gasteiger partial charge in [-0.2, -0.15) is 14.7 Å². The van der Waals surface area contributed by atoms with Crippen LogP contribution < -0.4 is 5.32 Å². The molecule has 25 heavy (non-hydrogen) atoms. The smallest absolute Gasteiger partial charge is 0.159 e. The summed E-state index contributed by atoms with van der Waals surface area (Å²) in [6.07, 6.45) is 5.78. The molecule has 4 aromatic rings. The van der Waals surface area contributed by atoms with Gasteiger partial charge in [0.25, 0.3) is 0 Å². The van der Waals surface area contributed by atoms with E-state index in [0.717, 1.165) is 11.5 Å². The Labute approximate surface area is 157 Å². The Morgan fingerprint density at radius 2 is 1.48 bits per heavy atom. The molecule has 0 spiro atoms. The summed E-state index contributed by atoms with van der Waals surface area (Å²) in [6, 6.07) is 7.51. The summed E-state index contributed by atoms with van der Waals surface area (Å²) in [6.45, 7) is 0. The average molecular weight is 397 g/mol. The first-order valence-electron chi connectivity index (χ1n) is 7.53. The number of nitrogens with zero attached hydrogens (tertiary/aromatic N) is 6. The van der Waals surface area contributed by atoms with Gasteiger partial charge in [-0.05, 0) is 12.8 Å². The highest BCUT2D eigenvalue weighted by Gasteiger charge is 2.22. The maximum atomic E-state index is 5.89. The van der Waals surface area contributed by atoms with Crippen LogP contribution in [0.2, 0.25) is 15.5 Å². The van der Waals surface area contributed by atoms with E-state index >= 15 is 0 Å². The molecule has 0 radical (unpaired) electrons. The van der Waals surface area contributed by atoms with E-state index in [1.807, 2.05) is 6.07 Å². The number of anilines is 1. The predicted molar refractivity (Wildman–Crippen MR) is 97.6 cm³/mol. The first-order valence-corrected chi connectivity index (χ1v) is 8.66. The van der Waals surface area contributed by atoms with Crippen LogP contribution in [-0.2, 0) is 0 Å². The van der Waals surface area contributed by atoms with Crippen molar-refractivity contribution in [2.75, 3.05) is 5.32 Å². The highest BCUT2D eigenvalue weighted by atomic mass is 35.5. The number of fused-ring (bicyclic) bond motifs is 2. The zero-order valence-corrected chi connectivity index (χ0v) is 15.0. The van der Waals surface area contributed by atoms with Crippen molar-refractivity contribution in [2.45, 2.75) is 18.9 Å². The molecule has 4 heterocycles. The molecule has 1 aliphatic carbocycles. The van der Waals surface area contributed by atoms with Gasteiger partial charge in [-0.15, -0.1) is 0 Å². The lowest BCUT2D eigenvalue weighted by Gasteiger charge is -2.06. The van der Waals surface area contributed by atoms with Crippen LogP contribution in [-0.4, -0.2) is 35.2 Å². The van der Waals surface area contributed by atoms with E-state index in [4.69, 9.17) is 34.8 Å². The molecule has 0 amide bonds. The van der Waals surface area contributed by atoms with Crippen molar-refractivity contribution in [3.63, 3.8) is 0 Å². The van der Waals surface area contributed by atoms with Crippen molar-refractivity contribution in [1.29, 1.82) is 0 Å². The van der Waals surface area contributed by atoms with Gasteiger partial charge >= 0.3 is 0 Å². The molecule has 0 atom stereocenters. The lowest BCUT2D eigenvalue weighted by molar-refractivity contribution is 0.924. The number of hydrogen-bond acceptors (Lipinski definition) is 5. The number of aromatic nitrogens is 6. The SMILES string of the molecule is Clc1cc(Cl)n2nccc2n1.Clc1cc(NC2CC2)n2nccc2n1. The molecule has 1 saturated carbocycles. The molecule has 0 aliphatic heterocycles. The van der Waals surface area contributed by atoms with Crippen molar-refractivity contribution in [3.8, 4) is 0 Å². The Kier molecular flexibility index (Phi) is 4.37. The summed E-state index contributed by atoms with van der Waals surface area (Å²) < 4.78 is 3.28. The summed E-state index contributed by atoms with van der Waals surface area (Å²) in [7, 11) is 0. The number of nitrogens with one attached hydrogen (secondary N) is 1. The van der Waals surface area contributed by atoms with Crippen molar-refractivity contribution in [1.82, 2.24) is 29.2 Å². The van der Waals surface area contributed by atoms with Crippen LogP contribution in [0.15, 0.2) is 36.7 Å². The third kappa shape index (κ3) is 3.63. The minimum Gasteiger partial charge on any atom is -0.367 e. The fourth-order valence-electron chi connectivity index (χ4n) is 2.27. The van der Waals surface area contributed by atoms with Crippen molar-refractivity contribution in [2.24, 2.45) is 0 Å². The molecule has 0 unspecified atom stereocenters. The number of halogens is 3. The first kappa shape index (κ1) is 16.4. The van der Waals surface area contributed by atoms with Crippen LogP contribution >= 0.6 is 34.8 Å². The standard InChI is InChI=1S/C9H9ClN4.C6H3Cl2N3/c10-7-5-9(12-6-1-2-6)14-8(13-7)3-4-11-14;7-4-3-5(8)11-6(10-4)1-2-9-11/h3-6,12H,1-2H2;1-3H. The molecule has 7 nitrogen and oxygen atoms in total. The molecule has 10 heteroatoms. The molecular formula is C15H12Cl3N7. The van der Waals surface area contributed by atoms with Gasteiger partial charge in [0.05, 0.1) is 12.4 Å². The van der Waals surface area contributed by atoms with E-state index in [1.165, 1.54) is 17.4 Å². The van der Waals surface area contributed by atoms with Gasteiger partial charge in [0, 0.05) is 30.3 Å². The monoisotopic (exact) mass is 395 g/mol. The van der Waals surface area contributed by atoms with Crippen LogP contribution in [0.3, 0.4) is 0 Å². The zero-order valence-electron chi connectivity index (χ0n) is 12.8. The highest BCUT2D eigenvalue weighted by molar-refractivity contribution is 6.33. The molecule has 1 fully saturated rings. The van der Waals surface area contributed by atoms with Crippen LogP contribution in [0, 0.1) is 0 Å². The van der Waals surface area contributed by atoms with Gasteiger partial charge in [-0.25, -0.2) is 14.5 Å². The Bertz CT molecular complexity index is 1040. The van der Waals surface area contributed by atoms with Gasteiger partial charge in [0.1, 0.15) is 21.3 Å². The maximum absolute atomic E-state index is 5.89. The second kappa shape index (κ2) is 6.67. The van der Waals surface area contributed by atoms with Crippen LogP contribution in [0.1, 0.15) is 12.8 Å². The Morgan fingerprint density at radius 3 is 2.16 bits per heavy atom. The fraction of sp³-hybridized carbons (Fsp3) is 0.200. The topological polar surface area (TPSA) is 72.4 Å². The summed E-state index contributed by atoms with van der Waals surface area (Å²) in [5.41, 5.74) is 1.43. The van der Waals surface area contributed by atoms with E-state index in [2.05, 4.69) is 25.5 Å². The second-order valence-corrected chi connectivity index (χ2v) is 6.65. The number of rotatable bonds is 2. The molecule has 0 saturated heterocycles. The molecular weight excluding hydrogens is 385 g/mol. The minimum atomic E-state index is 0.378. The van der Waals surface area contributed by atoms with Gasteiger partial charge in [-0.3, -0.25) is 0 Å². The Morgan fingerprint density at radius 1 is 0.880 bits per heavy atom. The van der Waals surface area contributed by atoms with Crippen molar-refractivity contribution in [3.05, 3.63) is 52.1 Å². The summed E-state index contributed by atoms with van der Waals surface area (Å²) in [5, 5.41) is 12.8. The summed E-state index contributed by atoms with van der Waals surface area (Å²) in [4.78, 5) is 8.13. The van der Waals surface area contributed by atoms with E-state index in [1.54, 1.807) is 35.1 Å². The van der Waals surface area contributed by atoms with Crippen molar-refractivity contribution < 1.29 is 0 Å². The summed E-state index contributed by atoms with van der Waals surface area (Å²) >= 11 is 17.3. The second-order valence-electron chi connectivity index (χ2n) is 5.49. The van der Waals surface area contributed by atoms with Crippen LogP contribution in [0.25, 0.3) is 11.3 Å². The maximum Gasteiger partial charge on any atom is 0.159 e. The van der Waals surface area contributed by atoms with Crippen molar-refractivity contribution >= 4 is 51.9 Å². The Balaban J connectivity index is 0.000000129. The van der Waals surface area contributed by atoms with E-state index in [-0.39, 0.29) is 0 Å². The highest BCUT2D eigenvalue weighted by Crippen LogP contribution is 2.25. The van der Waals surface area contributed by atoms with E-state index in [9.17, 15) is 0 Å². The van der Waals surface area contributed by atoms with Gasteiger partial charge in [0.15, 0.2) is 11.3 Å². The van der Waals surface area contributed by atoms with Crippen LogP contribution in [0.4, 0.5) is 5.82 Å². The minimum absolute atomic E-state index is 0.378. The van der Waals surface area contributed by atoms with E-state index in [0.29, 0.717) is 27.1 Å². The van der Waals surface area contributed by atoms with Crippen LogP contribution in [0.5, 0.6) is 0 Å². The predicted octanol–water partition coefficient (Wildman–Crippen LogP) is 3.99. The molecule has 0 bridgehead atoms. The lowest BCUT2D eigenvalue weighted by atomic mass is 10.5. The summed E-state index contributed by atoms with van der Waals surface area (Å²) in [5.74, 6) is 0.924. The Hall–Kier alpha value is -2.09. The quantitative estimate of drug-likeness (QED) is 0.519. The molecule has 128 valence electrons. The molecule has 5 rings (SSSR count). The first-order chi connectivity index (χ1) is 12.1. The molecule has 0 aromatic carbocycles. The van der Waals surface area contributed by atoms with Gasteiger partial charge < -0.3 is 5.32 Å².